The summed E-state index contributed by atoms with van der Waals surface area (Å²) in [4.78, 5) is 11.0. The highest BCUT2D eigenvalue weighted by Crippen LogP contribution is 1.66. The highest BCUT2D eigenvalue weighted by Gasteiger charge is 1.82. The summed E-state index contributed by atoms with van der Waals surface area (Å²) in [6.07, 6.45) is 0. The maximum Gasteiger partial charge on any atom is 0.329 e. The van der Waals surface area contributed by atoms with Gasteiger partial charge in [0.15, 0.2) is 0 Å². The Bertz CT molecular complexity index is 94.6. The molecule has 0 aliphatic rings. The molecule has 0 aromatic rings. The van der Waals surface area contributed by atoms with E-state index in [4.69, 9.17) is 20.1 Å². The fourth-order valence-corrected chi connectivity index (χ4v) is 0.200. The van der Waals surface area contributed by atoms with Crippen molar-refractivity contribution in [3.05, 3.63) is 0 Å². The van der Waals surface area contributed by atoms with Gasteiger partial charge in [-0.05, 0) is 14.1 Å². The molecule has 11 heavy (non-hydrogen) atoms. The first-order chi connectivity index (χ1) is 5.04. The highest BCUT2D eigenvalue weighted by molar-refractivity contribution is 5.67. The third-order valence-electron chi connectivity index (χ3n) is 0.682. The van der Waals surface area contributed by atoms with E-state index in [1.54, 1.807) is 0 Å². The zero-order chi connectivity index (χ0) is 9.28. The van der Waals surface area contributed by atoms with Gasteiger partial charge in [-0.2, -0.15) is 0 Å². The van der Waals surface area contributed by atoms with E-state index in [9.17, 15) is 0 Å². The number of aliphatic hydroxyl groups is 2. The largest absolute Gasteiger partial charge is 0.480 e. The van der Waals surface area contributed by atoms with Gasteiger partial charge in [-0.3, -0.25) is 0 Å². The van der Waals surface area contributed by atoms with E-state index in [1.807, 2.05) is 19.0 Å². The average Bonchev–Trinajstić information content (AvgIpc) is 1.89. The molecule has 0 radical (unpaired) electrons. The number of carboxylic acid groups (broad SMARTS) is 1. The SMILES string of the molecule is CN(C)CCO.O=C(O)CO. The molecule has 0 rings (SSSR count). The van der Waals surface area contributed by atoms with Crippen molar-refractivity contribution in [1.82, 2.24) is 4.90 Å². The molecule has 3 N–H and O–H groups in total. The topological polar surface area (TPSA) is 81.0 Å². The third kappa shape index (κ3) is 26.7. The molecule has 68 valence electrons. The number of aliphatic carboxylic acids is 1. The summed E-state index contributed by atoms with van der Waals surface area (Å²) in [5, 5.41) is 23.2. The van der Waals surface area contributed by atoms with Gasteiger partial charge in [-0.1, -0.05) is 0 Å². The van der Waals surface area contributed by atoms with Crippen LogP contribution < -0.4 is 0 Å². The van der Waals surface area contributed by atoms with Gasteiger partial charge in [0, 0.05) is 6.54 Å². The van der Waals surface area contributed by atoms with Gasteiger partial charge in [0.2, 0.25) is 0 Å². The molecule has 0 unspecified atom stereocenters. The molecule has 0 fully saturated rings. The van der Waals surface area contributed by atoms with Crippen molar-refractivity contribution in [2.24, 2.45) is 0 Å². The Hall–Kier alpha value is -0.650. The molecule has 0 amide bonds. The lowest BCUT2D eigenvalue weighted by Gasteiger charge is -2.03. The average molecular weight is 165 g/mol. The van der Waals surface area contributed by atoms with Crippen molar-refractivity contribution >= 4 is 5.97 Å². The zero-order valence-corrected chi connectivity index (χ0v) is 6.82. The molecule has 5 heteroatoms. The first kappa shape index (κ1) is 13.0. The fraction of sp³-hybridized carbons (Fsp3) is 0.833. The quantitative estimate of drug-likeness (QED) is 0.479. The number of carboxylic acids is 1. The summed E-state index contributed by atoms with van der Waals surface area (Å²) in [5.41, 5.74) is 0. The van der Waals surface area contributed by atoms with Crippen LogP contribution >= 0.6 is 0 Å². The van der Waals surface area contributed by atoms with E-state index in [0.29, 0.717) is 0 Å². The first-order valence-electron chi connectivity index (χ1n) is 3.12. The van der Waals surface area contributed by atoms with Crippen LogP contribution in [0.25, 0.3) is 0 Å². The summed E-state index contributed by atoms with van der Waals surface area (Å²) < 4.78 is 0. The van der Waals surface area contributed by atoms with E-state index < -0.39 is 12.6 Å². The molecule has 0 aromatic carbocycles. The Morgan fingerprint density at radius 2 is 1.73 bits per heavy atom. The Labute approximate surface area is 65.9 Å². The molecule has 0 aliphatic carbocycles. The van der Waals surface area contributed by atoms with Gasteiger partial charge in [0.1, 0.15) is 6.61 Å². The second kappa shape index (κ2) is 9.35. The first-order valence-corrected chi connectivity index (χ1v) is 3.12. The van der Waals surface area contributed by atoms with E-state index in [0.717, 1.165) is 6.54 Å². The molecular weight excluding hydrogens is 150 g/mol. The number of hydrogen-bond acceptors (Lipinski definition) is 4. The lowest BCUT2D eigenvalue weighted by Crippen LogP contribution is -2.15. The predicted octanol–water partition coefficient (Wildman–Crippen LogP) is -1.40. The fourth-order valence-electron chi connectivity index (χ4n) is 0.200. The van der Waals surface area contributed by atoms with Crippen LogP contribution in [-0.2, 0) is 4.79 Å². The van der Waals surface area contributed by atoms with E-state index in [1.165, 1.54) is 0 Å². The standard InChI is InChI=1S/C4H11NO.C2H4O3/c1-5(2)3-4-6;3-1-2(4)5/h6H,3-4H2,1-2H3;3H,1H2,(H,4,5). The lowest BCUT2D eigenvalue weighted by molar-refractivity contribution is -0.140. The van der Waals surface area contributed by atoms with Gasteiger partial charge >= 0.3 is 5.97 Å². The van der Waals surface area contributed by atoms with Crippen molar-refractivity contribution in [3.63, 3.8) is 0 Å². The van der Waals surface area contributed by atoms with Gasteiger partial charge in [0.05, 0.1) is 6.61 Å². The Kier molecular flexibility index (Phi) is 11.0. The summed E-state index contributed by atoms with van der Waals surface area (Å²) >= 11 is 0. The van der Waals surface area contributed by atoms with Crippen LogP contribution in [0.15, 0.2) is 0 Å². The van der Waals surface area contributed by atoms with Crippen LogP contribution in [0.4, 0.5) is 0 Å². The van der Waals surface area contributed by atoms with Gasteiger partial charge < -0.3 is 20.2 Å². The predicted molar refractivity (Wildman–Crippen MR) is 40.4 cm³/mol. The Balaban J connectivity index is 0. The molecule has 0 aromatic heterocycles. The molecule has 0 atom stereocenters. The minimum Gasteiger partial charge on any atom is -0.480 e. The van der Waals surface area contributed by atoms with Crippen molar-refractivity contribution in [2.75, 3.05) is 33.9 Å². The van der Waals surface area contributed by atoms with Gasteiger partial charge in [-0.15, -0.1) is 0 Å². The molecule has 0 bridgehead atoms. The second-order valence-corrected chi connectivity index (χ2v) is 2.08. The lowest BCUT2D eigenvalue weighted by atomic mass is 10.6. The highest BCUT2D eigenvalue weighted by atomic mass is 16.4. The van der Waals surface area contributed by atoms with E-state index in [2.05, 4.69) is 0 Å². The van der Waals surface area contributed by atoms with E-state index >= 15 is 0 Å². The number of rotatable bonds is 3. The molecule has 0 spiro atoms. The summed E-state index contributed by atoms with van der Waals surface area (Å²) in [7, 11) is 3.85. The number of likely N-dealkylation sites (N-methyl/N-ethyl adjacent to an activating group) is 1. The van der Waals surface area contributed by atoms with Gasteiger partial charge in [0.25, 0.3) is 0 Å². The summed E-state index contributed by atoms with van der Waals surface area (Å²) in [6.45, 7) is 0.243. The van der Waals surface area contributed by atoms with Crippen molar-refractivity contribution in [3.8, 4) is 0 Å². The second-order valence-electron chi connectivity index (χ2n) is 2.08. The molecule has 0 heterocycles. The van der Waals surface area contributed by atoms with Crippen LogP contribution in [0, 0.1) is 0 Å². The van der Waals surface area contributed by atoms with Crippen LogP contribution in [0.1, 0.15) is 0 Å². The molecule has 5 nitrogen and oxygen atoms in total. The molecule has 0 saturated heterocycles. The van der Waals surface area contributed by atoms with Crippen molar-refractivity contribution in [1.29, 1.82) is 0 Å². The van der Waals surface area contributed by atoms with E-state index in [-0.39, 0.29) is 6.61 Å². The van der Waals surface area contributed by atoms with Crippen molar-refractivity contribution < 1.29 is 20.1 Å². The minimum absolute atomic E-state index is 0.257. The normalized spacial score (nSPS) is 8.82. The van der Waals surface area contributed by atoms with Crippen LogP contribution in [0.3, 0.4) is 0 Å². The van der Waals surface area contributed by atoms with Crippen LogP contribution in [0.2, 0.25) is 0 Å². The number of aliphatic hydroxyl groups excluding tert-OH is 2. The minimum atomic E-state index is -1.19. The smallest absolute Gasteiger partial charge is 0.329 e. The maximum atomic E-state index is 9.12. The number of nitrogens with zero attached hydrogens (tertiary/aromatic N) is 1. The zero-order valence-electron chi connectivity index (χ0n) is 6.82. The van der Waals surface area contributed by atoms with Crippen LogP contribution in [0.5, 0.6) is 0 Å². The third-order valence-corrected chi connectivity index (χ3v) is 0.682. The summed E-state index contributed by atoms with van der Waals surface area (Å²) in [5.74, 6) is -1.19. The Morgan fingerprint density at radius 1 is 1.36 bits per heavy atom. The monoisotopic (exact) mass is 165 g/mol. The molecule has 0 aliphatic heterocycles. The number of carbonyl (C=O) groups is 1. The van der Waals surface area contributed by atoms with Gasteiger partial charge in [-0.25, -0.2) is 4.79 Å². The molecule has 0 saturated carbocycles. The molecular formula is C6H15NO4. The Morgan fingerprint density at radius 3 is 1.73 bits per heavy atom. The summed E-state index contributed by atoms with van der Waals surface area (Å²) in [6, 6.07) is 0. The maximum absolute atomic E-state index is 9.12. The van der Waals surface area contributed by atoms with Crippen LogP contribution in [-0.4, -0.2) is 60.0 Å². The number of hydrogen-bond donors (Lipinski definition) is 3. The van der Waals surface area contributed by atoms with Crippen molar-refractivity contribution in [2.45, 2.75) is 0 Å².